The Balaban J connectivity index is 1.81. The van der Waals surface area contributed by atoms with E-state index in [1.165, 1.54) is 12.8 Å². The first-order valence-corrected chi connectivity index (χ1v) is 7.68. The van der Waals surface area contributed by atoms with Crippen molar-refractivity contribution in [2.75, 3.05) is 36.9 Å². The number of rotatable bonds is 4. The van der Waals surface area contributed by atoms with Gasteiger partial charge in [0, 0.05) is 18.8 Å². The predicted octanol–water partition coefficient (Wildman–Crippen LogP) is 2.05. The van der Waals surface area contributed by atoms with Gasteiger partial charge in [-0.05, 0) is 38.1 Å². The fourth-order valence-electron chi connectivity index (χ4n) is 2.40. The lowest BCUT2D eigenvalue weighted by Crippen LogP contribution is -2.24. The van der Waals surface area contributed by atoms with E-state index in [4.69, 9.17) is 0 Å². The number of amides is 1. The second kappa shape index (κ2) is 5.76. The number of nitrogens with one attached hydrogen (secondary N) is 2. The van der Waals surface area contributed by atoms with Crippen molar-refractivity contribution in [3.05, 3.63) is 18.2 Å². The minimum absolute atomic E-state index is 0.0314. The largest absolute Gasteiger partial charge is 0.348 e. The van der Waals surface area contributed by atoms with Crippen molar-refractivity contribution in [2.45, 2.75) is 12.8 Å². The number of carbonyl (C=O) groups is 1. The number of benzene rings is 1. The maximum atomic E-state index is 11.6. The lowest BCUT2D eigenvalue weighted by molar-refractivity contribution is -0.115. The summed E-state index contributed by atoms with van der Waals surface area (Å²) in [5, 5.41) is 6.81. The van der Waals surface area contributed by atoms with Gasteiger partial charge in [-0.25, -0.2) is 4.98 Å². The lowest BCUT2D eigenvalue weighted by Gasteiger charge is -2.11. The molecule has 0 aliphatic carbocycles. The van der Waals surface area contributed by atoms with Crippen LogP contribution in [0.3, 0.4) is 0 Å². The van der Waals surface area contributed by atoms with E-state index in [9.17, 15) is 4.79 Å². The standard InChI is InChI=1S/C14H18N4OS/c1-15-9-13(19)16-10-4-5-11-12(8-10)20-14(17-11)18-6-2-3-7-18/h4-5,8,15H,2-3,6-7,9H2,1H3,(H,16,19). The summed E-state index contributed by atoms with van der Waals surface area (Å²) < 4.78 is 1.12. The van der Waals surface area contributed by atoms with Crippen LogP contribution in [-0.4, -0.2) is 37.6 Å². The fourth-order valence-corrected chi connectivity index (χ4v) is 3.46. The van der Waals surface area contributed by atoms with E-state index in [1.807, 2.05) is 18.2 Å². The molecule has 1 amide bonds. The van der Waals surface area contributed by atoms with Crippen LogP contribution < -0.4 is 15.5 Å². The Bertz CT molecular complexity index is 619. The van der Waals surface area contributed by atoms with Gasteiger partial charge in [-0.15, -0.1) is 0 Å². The first-order valence-electron chi connectivity index (χ1n) is 6.86. The fraction of sp³-hybridized carbons (Fsp3) is 0.429. The van der Waals surface area contributed by atoms with Crippen LogP contribution in [0.5, 0.6) is 0 Å². The number of aromatic nitrogens is 1. The van der Waals surface area contributed by atoms with Gasteiger partial charge in [0.05, 0.1) is 16.8 Å². The highest BCUT2D eigenvalue weighted by Gasteiger charge is 2.16. The molecule has 20 heavy (non-hydrogen) atoms. The zero-order valence-corrected chi connectivity index (χ0v) is 12.3. The van der Waals surface area contributed by atoms with Gasteiger partial charge in [-0.2, -0.15) is 0 Å². The summed E-state index contributed by atoms with van der Waals surface area (Å²) in [4.78, 5) is 18.6. The summed E-state index contributed by atoms with van der Waals surface area (Å²) >= 11 is 1.70. The molecule has 2 aromatic rings. The summed E-state index contributed by atoms with van der Waals surface area (Å²) in [5.74, 6) is -0.0314. The molecule has 106 valence electrons. The average molecular weight is 290 g/mol. The molecule has 5 nitrogen and oxygen atoms in total. The maximum Gasteiger partial charge on any atom is 0.238 e. The molecule has 2 heterocycles. The van der Waals surface area contributed by atoms with Gasteiger partial charge in [0.25, 0.3) is 0 Å². The van der Waals surface area contributed by atoms with E-state index in [2.05, 4.69) is 20.5 Å². The first-order chi connectivity index (χ1) is 9.76. The molecule has 2 N–H and O–H groups in total. The molecule has 0 radical (unpaired) electrons. The number of nitrogens with zero attached hydrogens (tertiary/aromatic N) is 2. The third-order valence-corrected chi connectivity index (χ3v) is 4.45. The van der Waals surface area contributed by atoms with Crippen LogP contribution in [0.2, 0.25) is 0 Å². The molecule has 1 aliphatic heterocycles. The van der Waals surface area contributed by atoms with E-state index >= 15 is 0 Å². The Morgan fingerprint density at radius 1 is 1.40 bits per heavy atom. The number of hydrogen-bond acceptors (Lipinski definition) is 5. The molecular formula is C14H18N4OS. The molecule has 0 unspecified atom stereocenters. The molecule has 1 aliphatic rings. The van der Waals surface area contributed by atoms with Gasteiger partial charge in [-0.3, -0.25) is 4.79 Å². The average Bonchev–Trinajstić information content (AvgIpc) is 3.07. The highest BCUT2D eigenvalue weighted by atomic mass is 32.1. The summed E-state index contributed by atoms with van der Waals surface area (Å²) in [6.45, 7) is 2.52. The van der Waals surface area contributed by atoms with Crippen LogP contribution in [0, 0.1) is 0 Å². The van der Waals surface area contributed by atoms with Crippen LogP contribution in [0.25, 0.3) is 10.2 Å². The van der Waals surface area contributed by atoms with Crippen molar-refractivity contribution in [1.29, 1.82) is 0 Å². The van der Waals surface area contributed by atoms with E-state index < -0.39 is 0 Å². The molecule has 0 atom stereocenters. The molecule has 0 saturated carbocycles. The van der Waals surface area contributed by atoms with Crippen molar-refractivity contribution >= 4 is 38.3 Å². The van der Waals surface area contributed by atoms with Gasteiger partial charge in [0.1, 0.15) is 0 Å². The molecule has 6 heteroatoms. The SMILES string of the molecule is CNCC(=O)Nc1ccc2nc(N3CCCC3)sc2c1. The van der Waals surface area contributed by atoms with Crippen LogP contribution in [0.1, 0.15) is 12.8 Å². The Labute approximate surface area is 122 Å². The lowest BCUT2D eigenvalue weighted by atomic mass is 10.3. The minimum atomic E-state index is -0.0314. The van der Waals surface area contributed by atoms with Gasteiger partial charge in [0.15, 0.2) is 5.13 Å². The topological polar surface area (TPSA) is 57.3 Å². The van der Waals surface area contributed by atoms with E-state index in [0.717, 1.165) is 34.1 Å². The second-order valence-electron chi connectivity index (χ2n) is 4.95. The van der Waals surface area contributed by atoms with Crippen molar-refractivity contribution in [3.63, 3.8) is 0 Å². The molecule has 3 rings (SSSR count). The van der Waals surface area contributed by atoms with Gasteiger partial charge >= 0.3 is 0 Å². The highest BCUT2D eigenvalue weighted by molar-refractivity contribution is 7.22. The van der Waals surface area contributed by atoms with Crippen molar-refractivity contribution in [1.82, 2.24) is 10.3 Å². The van der Waals surface area contributed by atoms with Crippen molar-refractivity contribution in [3.8, 4) is 0 Å². The number of hydrogen-bond donors (Lipinski definition) is 2. The summed E-state index contributed by atoms with van der Waals surface area (Å²) in [5.41, 5.74) is 1.83. The third kappa shape index (κ3) is 2.76. The van der Waals surface area contributed by atoms with E-state index in [-0.39, 0.29) is 5.91 Å². The van der Waals surface area contributed by atoms with Crippen LogP contribution in [0.4, 0.5) is 10.8 Å². The molecular weight excluding hydrogens is 272 g/mol. The molecule has 1 fully saturated rings. The Hall–Kier alpha value is -1.66. The van der Waals surface area contributed by atoms with E-state index in [0.29, 0.717) is 6.54 Å². The molecule has 0 spiro atoms. The number of carbonyl (C=O) groups excluding carboxylic acids is 1. The number of thiazole rings is 1. The van der Waals surface area contributed by atoms with Crippen LogP contribution in [-0.2, 0) is 4.79 Å². The third-order valence-electron chi connectivity index (χ3n) is 3.37. The summed E-state index contributed by atoms with van der Waals surface area (Å²) in [6, 6.07) is 5.88. The smallest absolute Gasteiger partial charge is 0.238 e. The van der Waals surface area contributed by atoms with Crippen molar-refractivity contribution in [2.24, 2.45) is 0 Å². The number of fused-ring (bicyclic) bond motifs is 1. The zero-order chi connectivity index (χ0) is 13.9. The highest BCUT2D eigenvalue weighted by Crippen LogP contribution is 2.32. The molecule has 1 aromatic heterocycles. The van der Waals surface area contributed by atoms with E-state index in [1.54, 1.807) is 18.4 Å². The number of anilines is 2. The Kier molecular flexibility index (Phi) is 3.84. The van der Waals surface area contributed by atoms with Crippen LogP contribution in [0.15, 0.2) is 18.2 Å². The monoisotopic (exact) mass is 290 g/mol. The van der Waals surface area contributed by atoms with Crippen LogP contribution >= 0.6 is 11.3 Å². The van der Waals surface area contributed by atoms with Crippen molar-refractivity contribution < 1.29 is 4.79 Å². The van der Waals surface area contributed by atoms with Gasteiger partial charge in [-0.1, -0.05) is 11.3 Å². The first kappa shape index (κ1) is 13.3. The Morgan fingerprint density at radius 2 is 2.20 bits per heavy atom. The summed E-state index contributed by atoms with van der Waals surface area (Å²) in [6.07, 6.45) is 2.50. The number of likely N-dealkylation sites (N-methyl/N-ethyl adjacent to an activating group) is 1. The quantitative estimate of drug-likeness (QED) is 0.905. The maximum absolute atomic E-state index is 11.6. The molecule has 0 bridgehead atoms. The van der Waals surface area contributed by atoms with Gasteiger partial charge in [0.2, 0.25) is 5.91 Å². The molecule has 1 saturated heterocycles. The second-order valence-corrected chi connectivity index (χ2v) is 5.96. The molecule has 1 aromatic carbocycles. The zero-order valence-electron chi connectivity index (χ0n) is 11.5. The Morgan fingerprint density at radius 3 is 2.95 bits per heavy atom. The predicted molar refractivity (Wildman–Crippen MR) is 83.6 cm³/mol. The normalized spacial score (nSPS) is 14.9. The minimum Gasteiger partial charge on any atom is -0.348 e. The van der Waals surface area contributed by atoms with Gasteiger partial charge < -0.3 is 15.5 Å². The summed E-state index contributed by atoms with van der Waals surface area (Å²) in [7, 11) is 1.76.